The maximum atomic E-state index is 13.3. The van der Waals surface area contributed by atoms with Gasteiger partial charge in [0.2, 0.25) is 10.0 Å². The summed E-state index contributed by atoms with van der Waals surface area (Å²) in [6.45, 7) is 0. The molecule has 0 fully saturated rings. The molecule has 3 N–H and O–H groups in total. The topological polar surface area (TPSA) is 87.3 Å². The Morgan fingerprint density at radius 1 is 0.931 bits per heavy atom. The van der Waals surface area contributed by atoms with E-state index < -0.39 is 33.7 Å². The van der Waals surface area contributed by atoms with Gasteiger partial charge in [-0.3, -0.25) is 4.79 Å². The van der Waals surface area contributed by atoms with Crippen molar-refractivity contribution in [2.45, 2.75) is 11.1 Å². The highest BCUT2D eigenvalue weighted by Crippen LogP contribution is 2.30. The van der Waals surface area contributed by atoms with Gasteiger partial charge in [0, 0.05) is 17.3 Å². The second kappa shape index (κ2) is 7.26. The molecule has 0 saturated heterocycles. The molecule has 6 nitrogen and oxygen atoms in total. The third-order valence-corrected chi connectivity index (χ3v) is 5.91. The standard InChI is InChI=1S/C20H15F2N3O3S/c21-15-10-9-14(11-16(15)22)23-20(26)13-7-5-12(6-8-13)19-24-17-3-1-2-4-18(17)29(27,28)25-19/h1-11,19,24-25H,(H,23,26)/t19-/m0/s1. The van der Waals surface area contributed by atoms with E-state index in [0.29, 0.717) is 11.3 Å². The van der Waals surface area contributed by atoms with Crippen molar-refractivity contribution in [2.24, 2.45) is 0 Å². The molecular weight excluding hydrogens is 400 g/mol. The number of hydrogen-bond donors (Lipinski definition) is 3. The Bertz CT molecular complexity index is 1200. The summed E-state index contributed by atoms with van der Waals surface area (Å²) in [5.74, 6) is -2.57. The van der Waals surface area contributed by atoms with Crippen LogP contribution in [0.3, 0.4) is 0 Å². The second-order valence-electron chi connectivity index (χ2n) is 6.40. The molecule has 0 aliphatic carbocycles. The third kappa shape index (κ3) is 3.82. The molecule has 0 radical (unpaired) electrons. The summed E-state index contributed by atoms with van der Waals surface area (Å²) < 4.78 is 53.6. The average Bonchev–Trinajstić information content (AvgIpc) is 2.70. The van der Waals surface area contributed by atoms with Crippen molar-refractivity contribution in [2.75, 3.05) is 10.6 Å². The van der Waals surface area contributed by atoms with Crippen LogP contribution in [0.1, 0.15) is 22.1 Å². The number of benzene rings is 3. The minimum Gasteiger partial charge on any atom is -0.364 e. The van der Waals surface area contributed by atoms with Gasteiger partial charge in [-0.2, -0.15) is 4.72 Å². The summed E-state index contributed by atoms with van der Waals surface area (Å²) >= 11 is 0. The fraction of sp³-hybridized carbons (Fsp3) is 0.0500. The SMILES string of the molecule is O=C(Nc1ccc(F)c(F)c1)c1ccc([C@H]2Nc3ccccc3S(=O)(=O)N2)cc1. The van der Waals surface area contributed by atoms with Gasteiger partial charge in [-0.25, -0.2) is 17.2 Å². The number of carbonyl (C=O) groups is 1. The van der Waals surface area contributed by atoms with Crippen LogP contribution in [0.4, 0.5) is 20.2 Å². The first-order valence-electron chi connectivity index (χ1n) is 8.58. The predicted octanol–water partition coefficient (Wildman–Crippen LogP) is 3.62. The summed E-state index contributed by atoms with van der Waals surface area (Å²) in [6.07, 6.45) is -0.696. The smallest absolute Gasteiger partial charge is 0.255 e. The Hall–Kier alpha value is -3.30. The van der Waals surface area contributed by atoms with E-state index in [0.717, 1.165) is 12.1 Å². The predicted molar refractivity (Wildman–Crippen MR) is 104 cm³/mol. The lowest BCUT2D eigenvalue weighted by Crippen LogP contribution is -2.38. The van der Waals surface area contributed by atoms with E-state index in [-0.39, 0.29) is 16.1 Å². The third-order valence-electron chi connectivity index (χ3n) is 4.43. The van der Waals surface area contributed by atoms with Gasteiger partial charge in [0.15, 0.2) is 11.6 Å². The van der Waals surface area contributed by atoms with Gasteiger partial charge in [0.25, 0.3) is 5.91 Å². The number of carbonyl (C=O) groups excluding carboxylic acids is 1. The van der Waals surface area contributed by atoms with E-state index in [1.807, 2.05) is 0 Å². The summed E-state index contributed by atoms with van der Waals surface area (Å²) in [4.78, 5) is 12.5. The average molecular weight is 415 g/mol. The minimum absolute atomic E-state index is 0.122. The Kier molecular flexibility index (Phi) is 4.77. The van der Waals surface area contributed by atoms with Crippen LogP contribution in [-0.2, 0) is 10.0 Å². The first kappa shape index (κ1) is 19.0. The first-order valence-corrected chi connectivity index (χ1v) is 10.1. The monoisotopic (exact) mass is 415 g/mol. The van der Waals surface area contributed by atoms with Crippen LogP contribution in [-0.4, -0.2) is 14.3 Å². The van der Waals surface area contributed by atoms with Gasteiger partial charge < -0.3 is 10.6 Å². The zero-order chi connectivity index (χ0) is 20.6. The van der Waals surface area contributed by atoms with E-state index in [1.54, 1.807) is 30.3 Å². The number of anilines is 2. The molecule has 0 spiro atoms. The molecule has 3 aromatic carbocycles. The van der Waals surface area contributed by atoms with E-state index >= 15 is 0 Å². The van der Waals surface area contributed by atoms with E-state index in [4.69, 9.17) is 0 Å². The zero-order valence-electron chi connectivity index (χ0n) is 14.8. The van der Waals surface area contributed by atoms with Crippen molar-refractivity contribution in [1.29, 1.82) is 0 Å². The van der Waals surface area contributed by atoms with Crippen molar-refractivity contribution in [3.05, 3.63) is 89.5 Å². The summed E-state index contributed by atoms with van der Waals surface area (Å²) in [5, 5.41) is 5.58. The van der Waals surface area contributed by atoms with E-state index in [2.05, 4.69) is 15.4 Å². The minimum atomic E-state index is -3.67. The summed E-state index contributed by atoms with van der Waals surface area (Å²) in [5.41, 5.74) is 1.48. The number of nitrogens with one attached hydrogen (secondary N) is 3. The van der Waals surface area contributed by atoms with E-state index in [1.165, 1.54) is 24.3 Å². The Labute approximate surface area is 165 Å². The molecule has 9 heteroatoms. The van der Waals surface area contributed by atoms with Crippen LogP contribution in [0, 0.1) is 11.6 Å². The van der Waals surface area contributed by atoms with Crippen LogP contribution in [0.25, 0.3) is 0 Å². The molecule has 0 saturated carbocycles. The molecule has 29 heavy (non-hydrogen) atoms. The number of amides is 1. The van der Waals surface area contributed by atoms with Crippen LogP contribution in [0.5, 0.6) is 0 Å². The normalized spacial score (nSPS) is 17.1. The highest BCUT2D eigenvalue weighted by atomic mass is 32.2. The fourth-order valence-corrected chi connectivity index (χ4v) is 4.29. The van der Waals surface area contributed by atoms with Crippen LogP contribution in [0.15, 0.2) is 71.6 Å². The van der Waals surface area contributed by atoms with Crippen LogP contribution < -0.4 is 15.4 Å². The Morgan fingerprint density at radius 2 is 1.66 bits per heavy atom. The lowest BCUT2D eigenvalue weighted by Gasteiger charge is -2.28. The highest BCUT2D eigenvalue weighted by Gasteiger charge is 2.29. The maximum absolute atomic E-state index is 13.3. The molecule has 1 aliphatic heterocycles. The number of rotatable bonds is 3. The molecule has 1 heterocycles. The molecule has 1 amide bonds. The fourth-order valence-electron chi connectivity index (χ4n) is 2.98. The molecule has 4 rings (SSSR count). The highest BCUT2D eigenvalue weighted by molar-refractivity contribution is 7.89. The zero-order valence-corrected chi connectivity index (χ0v) is 15.6. The van der Waals surface area contributed by atoms with Gasteiger partial charge in [-0.1, -0.05) is 24.3 Å². The molecular formula is C20H15F2N3O3S. The van der Waals surface area contributed by atoms with Crippen molar-refractivity contribution < 1.29 is 22.0 Å². The number of halogens is 2. The van der Waals surface area contributed by atoms with Gasteiger partial charge in [0.05, 0.1) is 5.69 Å². The first-order chi connectivity index (χ1) is 13.8. The van der Waals surface area contributed by atoms with Crippen LogP contribution in [0.2, 0.25) is 0 Å². The number of fused-ring (bicyclic) bond motifs is 1. The molecule has 0 bridgehead atoms. The van der Waals surface area contributed by atoms with Crippen molar-refractivity contribution in [1.82, 2.24) is 4.72 Å². The number of hydrogen-bond acceptors (Lipinski definition) is 4. The number of sulfonamides is 1. The molecule has 148 valence electrons. The van der Waals surface area contributed by atoms with E-state index in [9.17, 15) is 22.0 Å². The van der Waals surface area contributed by atoms with Gasteiger partial charge in [0.1, 0.15) is 11.1 Å². The van der Waals surface area contributed by atoms with Gasteiger partial charge in [-0.15, -0.1) is 0 Å². The molecule has 3 aromatic rings. The molecule has 1 atom stereocenters. The van der Waals surface area contributed by atoms with Crippen molar-refractivity contribution in [3.8, 4) is 0 Å². The van der Waals surface area contributed by atoms with Gasteiger partial charge >= 0.3 is 0 Å². The maximum Gasteiger partial charge on any atom is 0.255 e. The van der Waals surface area contributed by atoms with Gasteiger partial charge in [-0.05, 0) is 42.0 Å². The summed E-state index contributed by atoms with van der Waals surface area (Å²) in [7, 11) is -3.67. The lowest BCUT2D eigenvalue weighted by atomic mass is 10.1. The molecule has 0 aromatic heterocycles. The lowest BCUT2D eigenvalue weighted by molar-refractivity contribution is 0.102. The second-order valence-corrected chi connectivity index (χ2v) is 8.08. The summed E-state index contributed by atoms with van der Waals surface area (Å²) in [6, 6.07) is 15.9. The largest absolute Gasteiger partial charge is 0.364 e. The molecule has 1 aliphatic rings. The quantitative estimate of drug-likeness (QED) is 0.610. The Morgan fingerprint density at radius 3 is 2.38 bits per heavy atom. The van der Waals surface area contributed by atoms with Crippen molar-refractivity contribution >= 4 is 27.3 Å². The van der Waals surface area contributed by atoms with Crippen LogP contribution >= 0.6 is 0 Å². The Balaban J connectivity index is 1.52. The molecule has 0 unspecified atom stereocenters. The number of para-hydroxylation sites is 1. The van der Waals surface area contributed by atoms with Crippen molar-refractivity contribution in [3.63, 3.8) is 0 Å².